The second kappa shape index (κ2) is 19.0. The largest absolute Gasteiger partial charge is 0.481 e. The number of carbonyl (C=O) groups excluding carboxylic acids is 3. The van der Waals surface area contributed by atoms with E-state index >= 15 is 0 Å². The summed E-state index contributed by atoms with van der Waals surface area (Å²) in [5.41, 5.74) is 4.19. The van der Waals surface area contributed by atoms with E-state index in [4.69, 9.17) is 24.6 Å². The van der Waals surface area contributed by atoms with Crippen LogP contribution in [0, 0.1) is 11.3 Å². The summed E-state index contributed by atoms with van der Waals surface area (Å²) in [7, 11) is -16.4. The van der Waals surface area contributed by atoms with E-state index in [-0.39, 0.29) is 42.2 Å². The number of aliphatic hydroxyl groups excluding tert-OH is 2. The van der Waals surface area contributed by atoms with Crippen LogP contribution in [-0.2, 0) is 55.5 Å². The van der Waals surface area contributed by atoms with Crippen LogP contribution in [0.3, 0.4) is 0 Å². The number of phosphoric acid groups is 3. The van der Waals surface area contributed by atoms with Gasteiger partial charge in [0, 0.05) is 30.7 Å². The first-order valence-electron chi connectivity index (χ1n) is 15.6. The van der Waals surface area contributed by atoms with E-state index in [1.165, 1.54) is 20.8 Å². The van der Waals surface area contributed by atoms with Gasteiger partial charge in [0.1, 0.15) is 42.2 Å². The topological polar surface area (TPSA) is 401 Å². The summed E-state index contributed by atoms with van der Waals surface area (Å²) in [6.07, 6.45) is -7.13. The number of carboxylic acid groups (broad SMARTS) is 1. The van der Waals surface area contributed by atoms with Crippen molar-refractivity contribution in [1.82, 2.24) is 30.2 Å². The van der Waals surface area contributed by atoms with Crippen LogP contribution in [-0.4, -0.2) is 134 Å². The molecule has 2 aromatic rings. The number of anilines is 1. The lowest BCUT2D eigenvalue weighted by Gasteiger charge is -2.30. The maximum Gasteiger partial charge on any atom is 0.481 e. The first kappa shape index (κ1) is 46.4. The number of amides is 2. The van der Waals surface area contributed by atoms with E-state index in [0.29, 0.717) is 0 Å². The number of carboxylic acids is 1. The lowest BCUT2D eigenvalue weighted by molar-refractivity contribution is -0.143. The molecule has 0 bridgehead atoms. The van der Waals surface area contributed by atoms with Crippen LogP contribution in [0.1, 0.15) is 33.4 Å². The molecule has 55 heavy (non-hydrogen) atoms. The molecule has 0 aromatic carbocycles. The van der Waals surface area contributed by atoms with Crippen molar-refractivity contribution in [3.8, 4) is 0 Å². The smallest absolute Gasteiger partial charge is 0.481 e. The summed E-state index contributed by atoms with van der Waals surface area (Å²) in [6, 6.07) is 0. The molecule has 0 spiro atoms. The van der Waals surface area contributed by atoms with Crippen LogP contribution in [0.15, 0.2) is 12.7 Å². The molecule has 310 valence electrons. The van der Waals surface area contributed by atoms with E-state index in [1.807, 2.05) is 0 Å². The Morgan fingerprint density at radius 3 is 2.35 bits per heavy atom. The fraction of sp³-hybridized carbons (Fsp3) is 0.640. The number of ether oxygens (including phenoxy) is 1. The Kier molecular flexibility index (Phi) is 16.0. The molecule has 26 nitrogen and oxygen atoms in total. The van der Waals surface area contributed by atoms with E-state index < -0.39 is 102 Å². The average Bonchev–Trinajstić information content (AvgIpc) is 3.64. The fourth-order valence-corrected chi connectivity index (χ4v) is 8.09. The van der Waals surface area contributed by atoms with Gasteiger partial charge in [-0.1, -0.05) is 25.6 Å². The van der Waals surface area contributed by atoms with Gasteiger partial charge >= 0.3 is 29.4 Å². The Bertz CT molecular complexity index is 1860. The van der Waals surface area contributed by atoms with Gasteiger partial charge in [0.25, 0.3) is 0 Å². The number of thioether (sulfide) groups is 1. The van der Waals surface area contributed by atoms with Crippen LogP contribution in [0.25, 0.3) is 11.2 Å². The number of fused-ring (bicyclic) bond motifs is 1. The monoisotopic (exact) mass is 867 g/mol. The Morgan fingerprint density at radius 1 is 1.05 bits per heavy atom. The van der Waals surface area contributed by atoms with E-state index in [1.54, 1.807) is 0 Å². The van der Waals surface area contributed by atoms with Gasteiger partial charge in [-0.3, -0.25) is 37.3 Å². The van der Waals surface area contributed by atoms with Crippen LogP contribution in [0.2, 0.25) is 0 Å². The predicted molar refractivity (Wildman–Crippen MR) is 184 cm³/mol. The lowest BCUT2D eigenvalue weighted by atomic mass is 9.87. The number of nitrogen functional groups attached to an aromatic ring is 1. The van der Waals surface area contributed by atoms with Crippen LogP contribution in [0.5, 0.6) is 0 Å². The zero-order chi connectivity index (χ0) is 41.5. The maximum absolute atomic E-state index is 12.6. The van der Waals surface area contributed by atoms with Crippen molar-refractivity contribution in [1.29, 1.82) is 0 Å². The first-order chi connectivity index (χ1) is 25.3. The van der Waals surface area contributed by atoms with Gasteiger partial charge in [0.15, 0.2) is 17.7 Å². The third-order valence-corrected chi connectivity index (χ3v) is 11.6. The van der Waals surface area contributed by atoms with Crippen molar-refractivity contribution >= 4 is 75.1 Å². The second-order valence-electron chi connectivity index (χ2n) is 12.3. The number of phosphoric ester groups is 3. The van der Waals surface area contributed by atoms with E-state index in [0.717, 1.165) is 29.0 Å². The molecule has 30 heteroatoms. The number of hydrogen-bond acceptors (Lipinski definition) is 19. The quantitative estimate of drug-likeness (QED) is 0.0383. The van der Waals surface area contributed by atoms with Crippen molar-refractivity contribution < 1.29 is 90.4 Å². The highest BCUT2D eigenvalue weighted by molar-refractivity contribution is 8.13. The minimum absolute atomic E-state index is 0.0183. The van der Waals surface area contributed by atoms with Gasteiger partial charge in [-0.15, -0.1) is 0 Å². The Morgan fingerprint density at radius 2 is 1.71 bits per heavy atom. The van der Waals surface area contributed by atoms with E-state index in [2.05, 4.69) is 34.4 Å². The Labute approximate surface area is 314 Å². The van der Waals surface area contributed by atoms with Gasteiger partial charge in [-0.05, 0) is 6.92 Å². The highest BCUT2D eigenvalue weighted by Gasteiger charge is 2.50. The van der Waals surface area contributed by atoms with Crippen molar-refractivity contribution in [2.24, 2.45) is 11.3 Å². The number of imidazole rings is 1. The summed E-state index contributed by atoms with van der Waals surface area (Å²) in [6.45, 7) is 1.35. The normalized spacial score (nSPS) is 22.3. The maximum atomic E-state index is 12.6. The number of aliphatic hydroxyl groups is 2. The molecule has 1 saturated heterocycles. The molecule has 3 rings (SSSR count). The molecular formula is C25H40N7O19P3S. The lowest BCUT2D eigenvalue weighted by Crippen LogP contribution is -2.46. The SMILES string of the molecule is CC(C(=O)O)C(=O)SCCNC(=O)CCNC(=O)[C@H](O)C(C)(C)COP(=O)(O)OP(=O)(O)OC[C@H]1O[C@@H](n2cnc3c(N)ncnc32)C(O)[C@H]1OP(=O)(O)O. The molecule has 0 saturated carbocycles. The molecule has 11 N–H and O–H groups in total. The minimum atomic E-state index is -5.59. The van der Waals surface area contributed by atoms with Crippen LogP contribution in [0.4, 0.5) is 5.82 Å². The molecule has 0 radical (unpaired) electrons. The Hall–Kier alpha value is -2.97. The number of aromatic nitrogens is 4. The third-order valence-electron chi connectivity index (χ3n) is 7.47. The highest BCUT2D eigenvalue weighted by Crippen LogP contribution is 2.61. The predicted octanol–water partition coefficient (Wildman–Crippen LogP) is -1.61. The molecule has 4 unspecified atom stereocenters. The summed E-state index contributed by atoms with van der Waals surface area (Å²) in [5.74, 6) is -4.01. The number of nitrogens with zero attached hydrogens (tertiary/aromatic N) is 4. The second-order valence-corrected chi connectivity index (χ2v) is 17.6. The number of nitrogens with one attached hydrogen (secondary N) is 2. The van der Waals surface area contributed by atoms with Gasteiger partial charge < -0.3 is 56.0 Å². The van der Waals surface area contributed by atoms with E-state index in [9.17, 15) is 62.7 Å². The molecule has 1 aliphatic rings. The number of hydrogen-bond donors (Lipinski definition) is 10. The zero-order valence-corrected chi connectivity index (χ0v) is 32.5. The molecule has 2 aromatic heterocycles. The van der Waals surface area contributed by atoms with Gasteiger partial charge in [-0.2, -0.15) is 4.31 Å². The standard InChI is InChI=1S/C25H40N7O19P3S/c1-12(23(37)38)24(39)55-7-6-27-14(33)4-5-28-21(36)18(35)25(2,3)9-48-54(45,46)51-53(43,44)47-8-13-17(50-52(40,41)42)16(34)22(49-13)32-11-31-15-19(26)29-10-30-20(15)32/h10-13,16-18,22,34-35H,4-9H2,1-3H3,(H,27,33)(H,28,36)(H,37,38)(H,43,44)(H,45,46)(H2,26,29,30)(H2,40,41,42)/t12?,13-,16?,17+,18+,22-/m1/s1. The number of rotatable bonds is 21. The number of carbonyl (C=O) groups is 4. The highest BCUT2D eigenvalue weighted by atomic mass is 32.2. The van der Waals surface area contributed by atoms with Crippen LogP contribution >= 0.6 is 35.2 Å². The van der Waals surface area contributed by atoms with Crippen LogP contribution < -0.4 is 16.4 Å². The summed E-state index contributed by atoms with van der Waals surface area (Å²) < 4.78 is 61.9. The van der Waals surface area contributed by atoms with Gasteiger partial charge in [-0.25, -0.2) is 28.6 Å². The molecule has 1 fully saturated rings. The molecule has 8 atom stereocenters. The fourth-order valence-electron chi connectivity index (χ4n) is 4.51. The Balaban J connectivity index is 1.50. The molecular weight excluding hydrogens is 827 g/mol. The third kappa shape index (κ3) is 13.6. The number of aliphatic carboxylic acids is 1. The van der Waals surface area contributed by atoms with Gasteiger partial charge in [0.2, 0.25) is 16.9 Å². The minimum Gasteiger partial charge on any atom is -0.481 e. The molecule has 2 amide bonds. The van der Waals surface area contributed by atoms with Crippen molar-refractivity contribution in [3.05, 3.63) is 12.7 Å². The van der Waals surface area contributed by atoms with Crippen molar-refractivity contribution in [2.45, 2.75) is 57.8 Å². The zero-order valence-electron chi connectivity index (χ0n) is 29.0. The molecule has 3 heterocycles. The molecule has 1 aliphatic heterocycles. The molecule has 0 aliphatic carbocycles. The summed E-state index contributed by atoms with van der Waals surface area (Å²) >= 11 is 0.726. The van der Waals surface area contributed by atoms with Gasteiger partial charge in [0.05, 0.1) is 19.5 Å². The number of nitrogens with two attached hydrogens (primary N) is 1. The van der Waals surface area contributed by atoms with Crippen molar-refractivity contribution in [3.63, 3.8) is 0 Å². The van der Waals surface area contributed by atoms with Crippen molar-refractivity contribution in [2.75, 3.05) is 37.8 Å². The average molecular weight is 868 g/mol. The summed E-state index contributed by atoms with van der Waals surface area (Å²) in [5, 5.41) is 34.3. The first-order valence-corrected chi connectivity index (χ1v) is 21.1. The summed E-state index contributed by atoms with van der Waals surface area (Å²) in [4.78, 5) is 97.8.